The minimum atomic E-state index is -3.52. The van der Waals surface area contributed by atoms with Gasteiger partial charge in [-0.25, -0.2) is 13.1 Å². The van der Waals surface area contributed by atoms with E-state index in [1.165, 1.54) is 12.5 Å². The first kappa shape index (κ1) is 16.7. The van der Waals surface area contributed by atoms with Gasteiger partial charge in [0.2, 0.25) is 10.0 Å². The maximum Gasteiger partial charge on any atom is 0.240 e. The van der Waals surface area contributed by atoms with Crippen LogP contribution in [0.15, 0.2) is 23.1 Å². The van der Waals surface area contributed by atoms with Crippen LogP contribution >= 0.6 is 11.6 Å². The van der Waals surface area contributed by atoms with Crippen molar-refractivity contribution in [2.24, 2.45) is 11.7 Å². The molecule has 0 aromatic heterocycles. The zero-order chi connectivity index (χ0) is 15.5. The second kappa shape index (κ2) is 7.09. The van der Waals surface area contributed by atoms with E-state index in [2.05, 4.69) is 11.6 Å². The quantitative estimate of drug-likeness (QED) is 0.833. The molecule has 3 N–H and O–H groups in total. The monoisotopic (exact) mass is 330 g/mol. The first-order chi connectivity index (χ1) is 9.92. The van der Waals surface area contributed by atoms with Gasteiger partial charge in [0.1, 0.15) is 0 Å². The molecule has 2 unspecified atom stereocenters. The van der Waals surface area contributed by atoms with E-state index in [0.717, 1.165) is 31.2 Å². The number of hydrogen-bond acceptors (Lipinski definition) is 3. The Morgan fingerprint density at radius 1 is 1.29 bits per heavy atom. The highest BCUT2D eigenvalue weighted by Crippen LogP contribution is 2.25. The van der Waals surface area contributed by atoms with E-state index in [-0.39, 0.29) is 10.9 Å². The molecule has 0 saturated heterocycles. The number of nitrogens with one attached hydrogen (secondary N) is 1. The van der Waals surface area contributed by atoms with Gasteiger partial charge < -0.3 is 5.73 Å². The van der Waals surface area contributed by atoms with Gasteiger partial charge in [0.15, 0.2) is 0 Å². The molecule has 1 aliphatic rings. The topological polar surface area (TPSA) is 72.2 Å². The van der Waals surface area contributed by atoms with Crippen LogP contribution in [0, 0.1) is 5.92 Å². The molecular formula is C15H23ClN2O2S. The van der Waals surface area contributed by atoms with Crippen molar-refractivity contribution < 1.29 is 8.42 Å². The van der Waals surface area contributed by atoms with Crippen LogP contribution < -0.4 is 10.5 Å². The van der Waals surface area contributed by atoms with E-state index in [0.29, 0.717) is 17.5 Å². The molecule has 1 aromatic carbocycles. The first-order valence-corrected chi connectivity index (χ1v) is 9.29. The normalized spacial score (nSPS) is 23.8. The fourth-order valence-electron chi connectivity index (χ4n) is 2.75. The highest BCUT2D eigenvalue weighted by Gasteiger charge is 2.23. The molecule has 1 aliphatic carbocycles. The second-order valence-corrected chi connectivity index (χ2v) is 8.01. The summed E-state index contributed by atoms with van der Waals surface area (Å²) in [6, 6.07) is 4.74. The third-order valence-electron chi connectivity index (χ3n) is 4.13. The van der Waals surface area contributed by atoms with Gasteiger partial charge in [0, 0.05) is 17.6 Å². The van der Waals surface area contributed by atoms with E-state index in [4.69, 9.17) is 17.3 Å². The lowest BCUT2D eigenvalue weighted by Crippen LogP contribution is -2.34. The SMILES string of the molecule is CC1CCCC(NS(=O)(=O)c2ccc(CN)c(Cl)c2)CC1. The molecule has 0 spiro atoms. The Morgan fingerprint density at radius 2 is 2.05 bits per heavy atom. The molecule has 1 fully saturated rings. The minimum Gasteiger partial charge on any atom is -0.326 e. The molecule has 2 atom stereocenters. The fraction of sp³-hybridized carbons (Fsp3) is 0.600. The molecule has 4 nitrogen and oxygen atoms in total. The summed E-state index contributed by atoms with van der Waals surface area (Å²) >= 11 is 6.05. The van der Waals surface area contributed by atoms with Crippen molar-refractivity contribution in [1.29, 1.82) is 0 Å². The molecule has 6 heteroatoms. The van der Waals surface area contributed by atoms with E-state index < -0.39 is 10.0 Å². The second-order valence-electron chi connectivity index (χ2n) is 5.89. The molecule has 1 aromatic rings. The summed E-state index contributed by atoms with van der Waals surface area (Å²) in [6.45, 7) is 2.52. The van der Waals surface area contributed by atoms with Crippen LogP contribution in [0.5, 0.6) is 0 Å². The van der Waals surface area contributed by atoms with Crippen molar-refractivity contribution in [3.63, 3.8) is 0 Å². The summed E-state index contributed by atoms with van der Waals surface area (Å²) in [5.74, 6) is 0.679. The number of nitrogens with two attached hydrogens (primary N) is 1. The Balaban J connectivity index is 2.12. The van der Waals surface area contributed by atoms with Crippen LogP contribution in [-0.2, 0) is 16.6 Å². The zero-order valence-corrected chi connectivity index (χ0v) is 13.9. The Hall–Kier alpha value is -0.620. The van der Waals surface area contributed by atoms with E-state index in [1.54, 1.807) is 12.1 Å². The Bertz CT molecular complexity index is 589. The summed E-state index contributed by atoms with van der Waals surface area (Å²) in [4.78, 5) is 0.210. The van der Waals surface area contributed by atoms with Crippen LogP contribution in [0.3, 0.4) is 0 Å². The maximum atomic E-state index is 12.4. The first-order valence-electron chi connectivity index (χ1n) is 7.43. The lowest BCUT2D eigenvalue weighted by molar-refractivity contribution is 0.484. The number of sulfonamides is 1. The standard InChI is InChI=1S/C15H23ClN2O2S/c1-11-3-2-4-13(7-5-11)18-21(19,20)14-8-6-12(10-17)15(16)9-14/h6,8-9,11,13,18H,2-5,7,10,17H2,1H3. The van der Waals surface area contributed by atoms with Crippen molar-refractivity contribution in [1.82, 2.24) is 4.72 Å². The highest BCUT2D eigenvalue weighted by atomic mass is 35.5. The van der Waals surface area contributed by atoms with Crippen molar-refractivity contribution in [2.75, 3.05) is 0 Å². The van der Waals surface area contributed by atoms with Crippen molar-refractivity contribution in [3.8, 4) is 0 Å². The summed E-state index contributed by atoms with van der Waals surface area (Å²) in [5.41, 5.74) is 6.29. The van der Waals surface area contributed by atoms with Gasteiger partial charge in [-0.05, 0) is 42.9 Å². The average molecular weight is 331 g/mol. The van der Waals surface area contributed by atoms with Crippen molar-refractivity contribution >= 4 is 21.6 Å². The summed E-state index contributed by atoms with van der Waals surface area (Å²) < 4.78 is 27.7. The predicted molar refractivity (Wildman–Crippen MR) is 85.7 cm³/mol. The largest absolute Gasteiger partial charge is 0.326 e. The van der Waals surface area contributed by atoms with Gasteiger partial charge in [-0.3, -0.25) is 0 Å². The summed E-state index contributed by atoms with van der Waals surface area (Å²) in [5, 5.41) is 0.398. The number of hydrogen-bond donors (Lipinski definition) is 2. The number of halogens is 1. The lowest BCUT2D eigenvalue weighted by Gasteiger charge is -2.17. The van der Waals surface area contributed by atoms with Crippen LogP contribution in [0.4, 0.5) is 0 Å². The molecule has 118 valence electrons. The van der Waals surface area contributed by atoms with Gasteiger partial charge in [-0.15, -0.1) is 0 Å². The molecule has 0 bridgehead atoms. The molecule has 0 aliphatic heterocycles. The van der Waals surface area contributed by atoms with Crippen LogP contribution in [0.2, 0.25) is 5.02 Å². The third kappa shape index (κ3) is 4.42. The van der Waals surface area contributed by atoms with Gasteiger partial charge >= 0.3 is 0 Å². The van der Waals surface area contributed by atoms with Gasteiger partial charge in [-0.2, -0.15) is 0 Å². The fourth-order valence-corrected chi connectivity index (χ4v) is 4.41. The molecule has 1 saturated carbocycles. The third-order valence-corrected chi connectivity index (χ3v) is 6.00. The summed E-state index contributed by atoms with van der Waals surface area (Å²) in [7, 11) is -3.52. The summed E-state index contributed by atoms with van der Waals surface area (Å²) in [6.07, 6.45) is 5.11. The van der Waals surface area contributed by atoms with Crippen molar-refractivity contribution in [2.45, 2.75) is 56.5 Å². The Morgan fingerprint density at radius 3 is 2.71 bits per heavy atom. The van der Waals surface area contributed by atoms with E-state index in [9.17, 15) is 8.42 Å². The van der Waals surface area contributed by atoms with Crippen LogP contribution in [0.25, 0.3) is 0 Å². The van der Waals surface area contributed by atoms with Gasteiger partial charge in [-0.1, -0.05) is 37.4 Å². The molecule has 2 rings (SSSR count). The van der Waals surface area contributed by atoms with Crippen LogP contribution in [0.1, 0.15) is 44.6 Å². The zero-order valence-electron chi connectivity index (χ0n) is 12.3. The number of rotatable bonds is 4. The average Bonchev–Trinajstić information content (AvgIpc) is 2.63. The smallest absolute Gasteiger partial charge is 0.240 e. The maximum absolute atomic E-state index is 12.4. The molecule has 0 radical (unpaired) electrons. The van der Waals surface area contributed by atoms with E-state index >= 15 is 0 Å². The van der Waals surface area contributed by atoms with E-state index in [1.807, 2.05) is 0 Å². The lowest BCUT2D eigenvalue weighted by atomic mass is 10.0. The molecular weight excluding hydrogens is 308 g/mol. The van der Waals surface area contributed by atoms with Gasteiger partial charge in [0.25, 0.3) is 0 Å². The van der Waals surface area contributed by atoms with Crippen LogP contribution in [-0.4, -0.2) is 14.5 Å². The highest BCUT2D eigenvalue weighted by molar-refractivity contribution is 7.89. The minimum absolute atomic E-state index is 0.0212. The predicted octanol–water partition coefficient (Wildman–Crippen LogP) is 3.05. The molecule has 0 heterocycles. The molecule has 0 amide bonds. The Labute approximate surface area is 132 Å². The number of benzene rings is 1. The van der Waals surface area contributed by atoms with Crippen molar-refractivity contribution in [3.05, 3.63) is 28.8 Å². The molecule has 21 heavy (non-hydrogen) atoms. The van der Waals surface area contributed by atoms with Gasteiger partial charge in [0.05, 0.1) is 4.90 Å². The Kier molecular flexibility index (Phi) is 5.66.